The Bertz CT molecular complexity index is 819. The minimum atomic E-state index is -0.253. The highest BCUT2D eigenvalue weighted by Crippen LogP contribution is 2.23. The van der Waals surface area contributed by atoms with Crippen molar-refractivity contribution in [3.05, 3.63) is 64.7 Å². The second kappa shape index (κ2) is 9.02. The molecule has 1 aliphatic rings. The largest absolute Gasteiger partial charge is 0.350 e. The van der Waals surface area contributed by atoms with E-state index in [1.807, 2.05) is 18.2 Å². The van der Waals surface area contributed by atoms with E-state index in [4.69, 9.17) is 5.73 Å². The molecule has 5 nitrogen and oxygen atoms in total. The van der Waals surface area contributed by atoms with E-state index in [0.29, 0.717) is 30.9 Å². The molecule has 3 rings (SSSR count). The number of halogens is 1. The summed E-state index contributed by atoms with van der Waals surface area (Å²) in [5.41, 5.74) is 10.9. The second-order valence-corrected chi connectivity index (χ2v) is 7.06. The quantitative estimate of drug-likeness (QED) is 0.733. The third-order valence-electron chi connectivity index (χ3n) is 4.78. The molecule has 0 radical (unpaired) electrons. The van der Waals surface area contributed by atoms with E-state index in [0.717, 1.165) is 16.8 Å². The Kier molecular flexibility index (Phi) is 6.99. The number of nitrogens with one attached hydrogen (secondary N) is 2. The predicted molar refractivity (Wildman–Crippen MR) is 110 cm³/mol. The van der Waals surface area contributed by atoms with E-state index in [2.05, 4.69) is 36.6 Å². The van der Waals surface area contributed by atoms with Crippen molar-refractivity contribution in [2.75, 3.05) is 11.9 Å². The van der Waals surface area contributed by atoms with Crippen LogP contribution in [-0.2, 0) is 11.2 Å². The summed E-state index contributed by atoms with van der Waals surface area (Å²) in [6.07, 6.45) is 1.11. The molecule has 0 saturated carbocycles. The Balaban J connectivity index is 0.00000261. The number of carbonyl (C=O) groups is 2. The number of nitrogens with two attached hydrogens (primary N) is 1. The first-order chi connectivity index (χ1) is 12.4. The third kappa shape index (κ3) is 5.08. The summed E-state index contributed by atoms with van der Waals surface area (Å²) < 4.78 is 0. The number of amides is 2. The number of rotatable bonds is 5. The molecule has 2 aromatic carbocycles. The molecule has 0 fully saturated rings. The minimum absolute atomic E-state index is 0. The first-order valence-electron chi connectivity index (χ1n) is 9.00. The number of hydrogen-bond donors (Lipinski definition) is 3. The molecular formula is C21H26ClN3O2. The molecule has 6 heteroatoms. The molecule has 1 aliphatic heterocycles. The van der Waals surface area contributed by atoms with Gasteiger partial charge >= 0.3 is 0 Å². The second-order valence-electron chi connectivity index (χ2n) is 7.06. The van der Waals surface area contributed by atoms with Gasteiger partial charge in [-0.2, -0.15) is 0 Å². The Hall–Kier alpha value is -2.37. The van der Waals surface area contributed by atoms with Crippen LogP contribution in [0.2, 0.25) is 0 Å². The SMILES string of the molecule is CC(C)c1ccc(C(N)CNC(=O)c2ccc3c(c2)CCC(=O)N3)cc1.Cl. The normalized spacial score (nSPS) is 14.0. The number of benzene rings is 2. The maximum absolute atomic E-state index is 12.4. The predicted octanol–water partition coefficient (Wildman–Crippen LogP) is 3.55. The van der Waals surface area contributed by atoms with Gasteiger partial charge in [-0.15, -0.1) is 12.4 Å². The maximum Gasteiger partial charge on any atom is 0.251 e. The Morgan fingerprint density at radius 3 is 2.44 bits per heavy atom. The summed E-state index contributed by atoms with van der Waals surface area (Å²) in [4.78, 5) is 23.8. The molecule has 4 N–H and O–H groups in total. The lowest BCUT2D eigenvalue weighted by molar-refractivity contribution is -0.116. The van der Waals surface area contributed by atoms with Crippen molar-refractivity contribution in [1.29, 1.82) is 0 Å². The lowest BCUT2D eigenvalue weighted by Gasteiger charge is -2.18. The number of anilines is 1. The average Bonchev–Trinajstić information content (AvgIpc) is 2.65. The summed E-state index contributed by atoms with van der Waals surface area (Å²) in [5.74, 6) is 0.344. The van der Waals surface area contributed by atoms with Crippen LogP contribution in [0.1, 0.15) is 59.3 Å². The molecule has 1 atom stereocenters. The minimum Gasteiger partial charge on any atom is -0.350 e. The molecule has 27 heavy (non-hydrogen) atoms. The highest BCUT2D eigenvalue weighted by atomic mass is 35.5. The van der Waals surface area contributed by atoms with Crippen molar-refractivity contribution in [3.8, 4) is 0 Å². The zero-order valence-corrected chi connectivity index (χ0v) is 16.4. The average molecular weight is 388 g/mol. The molecule has 1 unspecified atom stereocenters. The van der Waals surface area contributed by atoms with E-state index in [-0.39, 0.29) is 30.3 Å². The van der Waals surface area contributed by atoms with E-state index in [1.165, 1.54) is 5.56 Å². The molecule has 2 aromatic rings. The summed E-state index contributed by atoms with van der Waals surface area (Å²) in [6.45, 7) is 4.67. The molecule has 0 bridgehead atoms. The number of carbonyl (C=O) groups excluding carboxylic acids is 2. The van der Waals surface area contributed by atoms with Gasteiger partial charge in [0.2, 0.25) is 5.91 Å². The smallest absolute Gasteiger partial charge is 0.251 e. The van der Waals surface area contributed by atoms with Crippen LogP contribution in [-0.4, -0.2) is 18.4 Å². The fourth-order valence-corrected chi connectivity index (χ4v) is 3.08. The highest BCUT2D eigenvalue weighted by molar-refractivity contribution is 5.97. The topological polar surface area (TPSA) is 84.2 Å². The van der Waals surface area contributed by atoms with Crippen LogP contribution >= 0.6 is 12.4 Å². The molecule has 0 aromatic heterocycles. The van der Waals surface area contributed by atoms with Gasteiger partial charge in [-0.1, -0.05) is 38.1 Å². The lowest BCUT2D eigenvalue weighted by Crippen LogP contribution is -2.32. The Morgan fingerprint density at radius 2 is 1.78 bits per heavy atom. The zero-order valence-electron chi connectivity index (χ0n) is 15.6. The zero-order chi connectivity index (χ0) is 18.7. The first kappa shape index (κ1) is 20.9. The molecular weight excluding hydrogens is 362 g/mol. The Labute approximate surface area is 166 Å². The van der Waals surface area contributed by atoms with Crippen LogP contribution in [0.15, 0.2) is 42.5 Å². The monoisotopic (exact) mass is 387 g/mol. The maximum atomic E-state index is 12.4. The summed E-state index contributed by atoms with van der Waals surface area (Å²) >= 11 is 0. The van der Waals surface area contributed by atoms with Gasteiger partial charge in [-0.05, 0) is 47.2 Å². The van der Waals surface area contributed by atoms with Crippen LogP contribution < -0.4 is 16.4 Å². The summed E-state index contributed by atoms with van der Waals surface area (Å²) in [6, 6.07) is 13.3. The van der Waals surface area contributed by atoms with Crippen LogP contribution in [0.3, 0.4) is 0 Å². The standard InChI is InChI=1S/C21H25N3O2.ClH/c1-13(2)14-3-5-15(6-4-14)18(22)12-23-21(26)17-7-9-19-16(11-17)8-10-20(25)24-19;/h3-7,9,11,13,18H,8,10,12,22H2,1-2H3,(H,23,26)(H,24,25);1H. The van der Waals surface area contributed by atoms with Gasteiger partial charge in [0.15, 0.2) is 0 Å². The molecule has 1 heterocycles. The molecule has 0 aliphatic carbocycles. The first-order valence-corrected chi connectivity index (χ1v) is 9.00. The van der Waals surface area contributed by atoms with E-state index >= 15 is 0 Å². The van der Waals surface area contributed by atoms with Gasteiger partial charge < -0.3 is 16.4 Å². The molecule has 0 spiro atoms. The fraction of sp³-hybridized carbons (Fsp3) is 0.333. The highest BCUT2D eigenvalue weighted by Gasteiger charge is 2.17. The van der Waals surface area contributed by atoms with Crippen molar-refractivity contribution in [2.45, 2.75) is 38.6 Å². The van der Waals surface area contributed by atoms with Gasteiger partial charge in [-0.25, -0.2) is 0 Å². The summed E-state index contributed by atoms with van der Waals surface area (Å²) in [5, 5.41) is 5.72. The number of fused-ring (bicyclic) bond motifs is 1. The van der Waals surface area contributed by atoms with Crippen molar-refractivity contribution in [3.63, 3.8) is 0 Å². The Morgan fingerprint density at radius 1 is 1.11 bits per heavy atom. The molecule has 144 valence electrons. The molecule has 2 amide bonds. The van der Waals surface area contributed by atoms with Gasteiger partial charge in [0.05, 0.1) is 0 Å². The van der Waals surface area contributed by atoms with Gasteiger partial charge in [0.25, 0.3) is 5.91 Å². The van der Waals surface area contributed by atoms with Gasteiger partial charge in [-0.3, -0.25) is 9.59 Å². The van der Waals surface area contributed by atoms with Gasteiger partial charge in [0.1, 0.15) is 0 Å². The number of aryl methyl sites for hydroxylation is 1. The van der Waals surface area contributed by atoms with Crippen LogP contribution in [0.5, 0.6) is 0 Å². The van der Waals surface area contributed by atoms with Crippen LogP contribution in [0.25, 0.3) is 0 Å². The van der Waals surface area contributed by atoms with Crippen LogP contribution in [0, 0.1) is 0 Å². The third-order valence-corrected chi connectivity index (χ3v) is 4.78. The van der Waals surface area contributed by atoms with E-state index in [9.17, 15) is 9.59 Å². The van der Waals surface area contributed by atoms with Crippen molar-refractivity contribution < 1.29 is 9.59 Å². The fourth-order valence-electron chi connectivity index (χ4n) is 3.08. The van der Waals surface area contributed by atoms with Crippen LogP contribution in [0.4, 0.5) is 5.69 Å². The van der Waals surface area contributed by atoms with E-state index in [1.54, 1.807) is 12.1 Å². The van der Waals surface area contributed by atoms with Crippen molar-refractivity contribution >= 4 is 29.9 Å². The molecule has 0 saturated heterocycles. The van der Waals surface area contributed by atoms with Crippen molar-refractivity contribution in [1.82, 2.24) is 5.32 Å². The van der Waals surface area contributed by atoms with E-state index < -0.39 is 0 Å². The van der Waals surface area contributed by atoms with Gasteiger partial charge in [0, 0.05) is 30.3 Å². The summed E-state index contributed by atoms with van der Waals surface area (Å²) in [7, 11) is 0. The van der Waals surface area contributed by atoms with Crippen molar-refractivity contribution in [2.24, 2.45) is 5.73 Å². The number of hydrogen-bond acceptors (Lipinski definition) is 3. The lowest BCUT2D eigenvalue weighted by atomic mass is 9.99.